The topological polar surface area (TPSA) is 87.5 Å². The Morgan fingerprint density at radius 1 is 1.14 bits per heavy atom. The number of carbonyl (C=O) groups excluding carboxylic acids is 2. The second-order valence-corrected chi connectivity index (χ2v) is 5.07. The van der Waals surface area contributed by atoms with Gasteiger partial charge < -0.3 is 21.3 Å². The Morgan fingerprint density at radius 3 is 2.57 bits per heavy atom. The number of piperidine rings is 1. The standard InChI is InChI=1S/C15H22N4O2/c16-8-9-17-14(20)12-6-2-3-7-13(12)18-15(21)19-10-4-1-5-11-19/h2-3,6-7H,1,4-5,8-11,16H2,(H,17,20)(H,18,21). The lowest BCUT2D eigenvalue weighted by Gasteiger charge is -2.27. The lowest BCUT2D eigenvalue weighted by atomic mass is 10.1. The van der Waals surface area contributed by atoms with Crippen molar-refractivity contribution in [2.24, 2.45) is 5.73 Å². The van der Waals surface area contributed by atoms with E-state index in [1.807, 2.05) is 0 Å². The number of hydrogen-bond donors (Lipinski definition) is 3. The van der Waals surface area contributed by atoms with E-state index in [0.29, 0.717) is 24.3 Å². The fraction of sp³-hybridized carbons (Fsp3) is 0.467. The summed E-state index contributed by atoms with van der Waals surface area (Å²) in [4.78, 5) is 26.1. The summed E-state index contributed by atoms with van der Waals surface area (Å²) in [6.07, 6.45) is 3.24. The number of urea groups is 1. The maximum Gasteiger partial charge on any atom is 0.321 e. The monoisotopic (exact) mass is 290 g/mol. The van der Waals surface area contributed by atoms with Crippen molar-refractivity contribution in [1.82, 2.24) is 10.2 Å². The summed E-state index contributed by atoms with van der Waals surface area (Å²) in [6, 6.07) is 6.85. The molecule has 1 aromatic carbocycles. The molecule has 1 aliphatic rings. The summed E-state index contributed by atoms with van der Waals surface area (Å²) in [7, 11) is 0. The molecule has 0 saturated carbocycles. The van der Waals surface area contributed by atoms with Gasteiger partial charge in [-0.2, -0.15) is 0 Å². The van der Waals surface area contributed by atoms with Crippen LogP contribution in [0.15, 0.2) is 24.3 Å². The average Bonchev–Trinajstić information content (AvgIpc) is 2.54. The van der Waals surface area contributed by atoms with Gasteiger partial charge in [-0.15, -0.1) is 0 Å². The minimum atomic E-state index is -0.227. The van der Waals surface area contributed by atoms with E-state index < -0.39 is 0 Å². The highest BCUT2D eigenvalue weighted by Gasteiger charge is 2.18. The van der Waals surface area contributed by atoms with Crippen LogP contribution in [0.3, 0.4) is 0 Å². The second-order valence-electron chi connectivity index (χ2n) is 5.07. The first-order valence-electron chi connectivity index (χ1n) is 7.35. The van der Waals surface area contributed by atoms with Crippen LogP contribution in [-0.4, -0.2) is 43.0 Å². The molecule has 114 valence electrons. The van der Waals surface area contributed by atoms with Crippen LogP contribution in [-0.2, 0) is 0 Å². The smallest absolute Gasteiger partial charge is 0.321 e. The van der Waals surface area contributed by atoms with E-state index in [2.05, 4.69) is 10.6 Å². The van der Waals surface area contributed by atoms with E-state index in [0.717, 1.165) is 25.9 Å². The fourth-order valence-corrected chi connectivity index (χ4v) is 2.36. The average molecular weight is 290 g/mol. The van der Waals surface area contributed by atoms with E-state index >= 15 is 0 Å². The largest absolute Gasteiger partial charge is 0.351 e. The molecule has 6 heteroatoms. The molecule has 0 atom stereocenters. The molecule has 0 spiro atoms. The lowest BCUT2D eigenvalue weighted by Crippen LogP contribution is -2.39. The Balaban J connectivity index is 2.05. The Morgan fingerprint density at radius 2 is 1.86 bits per heavy atom. The number of anilines is 1. The van der Waals surface area contributed by atoms with E-state index in [9.17, 15) is 9.59 Å². The maximum atomic E-state index is 12.2. The maximum absolute atomic E-state index is 12.2. The summed E-state index contributed by atoms with van der Waals surface area (Å²) in [5, 5.41) is 5.55. The minimum absolute atomic E-state index is 0.145. The van der Waals surface area contributed by atoms with Crippen molar-refractivity contribution in [1.29, 1.82) is 0 Å². The van der Waals surface area contributed by atoms with Gasteiger partial charge in [0, 0.05) is 26.2 Å². The number of nitrogens with two attached hydrogens (primary N) is 1. The molecule has 0 aromatic heterocycles. The number of hydrogen-bond acceptors (Lipinski definition) is 3. The SMILES string of the molecule is NCCNC(=O)c1ccccc1NC(=O)N1CCCCC1. The number of para-hydroxylation sites is 1. The molecule has 0 bridgehead atoms. The van der Waals surface area contributed by atoms with Gasteiger partial charge in [-0.3, -0.25) is 4.79 Å². The van der Waals surface area contributed by atoms with Crippen LogP contribution >= 0.6 is 0 Å². The van der Waals surface area contributed by atoms with Gasteiger partial charge in [-0.1, -0.05) is 12.1 Å². The van der Waals surface area contributed by atoms with Crippen LogP contribution < -0.4 is 16.4 Å². The Bertz CT molecular complexity index is 498. The predicted octanol–water partition coefficient (Wildman–Crippen LogP) is 1.39. The van der Waals surface area contributed by atoms with Gasteiger partial charge in [-0.25, -0.2) is 4.79 Å². The molecular weight excluding hydrogens is 268 g/mol. The van der Waals surface area contributed by atoms with Gasteiger partial charge in [0.15, 0.2) is 0 Å². The Kier molecular flexibility index (Phi) is 5.57. The first-order valence-corrected chi connectivity index (χ1v) is 7.35. The van der Waals surface area contributed by atoms with Crippen molar-refractivity contribution in [2.75, 3.05) is 31.5 Å². The number of nitrogens with one attached hydrogen (secondary N) is 2. The summed E-state index contributed by atoms with van der Waals surface area (Å²) in [5.41, 5.74) is 6.37. The van der Waals surface area contributed by atoms with Gasteiger partial charge in [-0.05, 0) is 31.4 Å². The molecule has 1 aliphatic heterocycles. The first kappa shape index (κ1) is 15.3. The molecule has 21 heavy (non-hydrogen) atoms. The molecule has 6 nitrogen and oxygen atoms in total. The molecular formula is C15H22N4O2. The number of nitrogens with zero attached hydrogens (tertiary/aromatic N) is 1. The van der Waals surface area contributed by atoms with Crippen LogP contribution in [0, 0.1) is 0 Å². The zero-order valence-electron chi connectivity index (χ0n) is 12.1. The van der Waals surface area contributed by atoms with Crippen LogP contribution in [0.25, 0.3) is 0 Å². The minimum Gasteiger partial charge on any atom is -0.351 e. The quantitative estimate of drug-likeness (QED) is 0.783. The molecule has 2 rings (SSSR count). The number of likely N-dealkylation sites (tertiary alicyclic amines) is 1. The van der Waals surface area contributed by atoms with E-state index in [-0.39, 0.29) is 11.9 Å². The second kappa shape index (κ2) is 7.64. The van der Waals surface area contributed by atoms with Crippen molar-refractivity contribution >= 4 is 17.6 Å². The Hall–Kier alpha value is -2.08. The van der Waals surface area contributed by atoms with Crippen molar-refractivity contribution in [3.8, 4) is 0 Å². The van der Waals surface area contributed by atoms with Crippen molar-refractivity contribution in [2.45, 2.75) is 19.3 Å². The highest BCUT2D eigenvalue weighted by Crippen LogP contribution is 2.17. The van der Waals surface area contributed by atoms with Gasteiger partial charge >= 0.3 is 6.03 Å². The molecule has 0 radical (unpaired) electrons. The summed E-state index contributed by atoms with van der Waals surface area (Å²) < 4.78 is 0. The molecule has 1 fully saturated rings. The summed E-state index contributed by atoms with van der Waals surface area (Å²) in [5.74, 6) is -0.227. The first-order chi connectivity index (χ1) is 10.2. The van der Waals surface area contributed by atoms with E-state index in [1.54, 1.807) is 29.2 Å². The van der Waals surface area contributed by atoms with Crippen LogP contribution in [0.1, 0.15) is 29.6 Å². The van der Waals surface area contributed by atoms with Crippen molar-refractivity contribution in [3.05, 3.63) is 29.8 Å². The Labute approximate surface area is 124 Å². The third-order valence-electron chi connectivity index (χ3n) is 3.49. The number of amides is 3. The summed E-state index contributed by atoms with van der Waals surface area (Å²) >= 11 is 0. The third-order valence-corrected chi connectivity index (χ3v) is 3.49. The fourth-order valence-electron chi connectivity index (χ4n) is 2.36. The number of rotatable bonds is 4. The summed E-state index contributed by atoms with van der Waals surface area (Å²) in [6.45, 7) is 2.34. The molecule has 1 aromatic rings. The lowest BCUT2D eigenvalue weighted by molar-refractivity contribution is 0.0955. The molecule has 1 heterocycles. The zero-order chi connectivity index (χ0) is 15.1. The van der Waals surface area contributed by atoms with E-state index in [1.165, 1.54) is 6.42 Å². The van der Waals surface area contributed by atoms with Crippen LogP contribution in [0.5, 0.6) is 0 Å². The van der Waals surface area contributed by atoms with E-state index in [4.69, 9.17) is 5.73 Å². The van der Waals surface area contributed by atoms with Gasteiger partial charge in [0.1, 0.15) is 0 Å². The zero-order valence-corrected chi connectivity index (χ0v) is 12.1. The number of carbonyl (C=O) groups is 2. The van der Waals surface area contributed by atoms with Crippen molar-refractivity contribution < 1.29 is 9.59 Å². The molecule has 4 N–H and O–H groups in total. The van der Waals surface area contributed by atoms with Gasteiger partial charge in [0.05, 0.1) is 11.3 Å². The molecule has 1 saturated heterocycles. The third kappa shape index (κ3) is 4.19. The van der Waals surface area contributed by atoms with Crippen LogP contribution in [0.2, 0.25) is 0 Å². The highest BCUT2D eigenvalue weighted by molar-refractivity contribution is 6.03. The number of benzene rings is 1. The van der Waals surface area contributed by atoms with Gasteiger partial charge in [0.25, 0.3) is 5.91 Å². The normalized spacial score (nSPS) is 14.6. The molecule has 3 amide bonds. The predicted molar refractivity (Wildman–Crippen MR) is 82.3 cm³/mol. The molecule has 0 unspecified atom stereocenters. The van der Waals surface area contributed by atoms with Crippen molar-refractivity contribution in [3.63, 3.8) is 0 Å². The van der Waals surface area contributed by atoms with Crippen LogP contribution in [0.4, 0.5) is 10.5 Å². The highest BCUT2D eigenvalue weighted by atomic mass is 16.2. The van der Waals surface area contributed by atoms with Gasteiger partial charge in [0.2, 0.25) is 0 Å². The molecule has 0 aliphatic carbocycles.